The topological polar surface area (TPSA) is 28.9 Å². The molecule has 8 aromatic rings. The number of rotatable bonds is 6. The van der Waals surface area contributed by atoms with E-state index in [4.69, 9.17) is 9.15 Å². The van der Waals surface area contributed by atoms with Gasteiger partial charge in [-0.2, -0.15) is 0 Å². The van der Waals surface area contributed by atoms with Gasteiger partial charge in [0.2, 0.25) is 0 Å². The van der Waals surface area contributed by atoms with Crippen molar-refractivity contribution in [3.05, 3.63) is 203 Å². The van der Waals surface area contributed by atoms with Crippen LogP contribution in [0.4, 0.5) is 28.4 Å². The minimum atomic E-state index is -0.0126. The van der Waals surface area contributed by atoms with Crippen LogP contribution in [0.25, 0.3) is 44.7 Å². The lowest BCUT2D eigenvalue weighted by Gasteiger charge is -2.33. The second-order valence-corrected chi connectivity index (χ2v) is 16.9. The van der Waals surface area contributed by atoms with Gasteiger partial charge in [0.15, 0.2) is 0 Å². The maximum absolute atomic E-state index is 6.47. The van der Waals surface area contributed by atoms with Crippen LogP contribution in [0.5, 0.6) is 5.75 Å². The Morgan fingerprint density at radius 2 is 1.37 bits per heavy atom. The first-order chi connectivity index (χ1) is 29.6. The fraction of sp³-hybridized carbons (Fsp3) is 0.143. The third-order valence-corrected chi connectivity index (χ3v) is 13.0. The number of hydrogen-bond acceptors (Lipinski definition) is 4. The standard InChI is InChI=1S/C56H44N2O2/c1-35-21-25-53-47(29-35)49-31-39(23-27-55(49)59-53)57(37-13-5-3-6-14-37)51-33-45-42-18-10-12-20-44(42)52(34-46(45)41-17-9-11-19-43(41)51)58(38-15-7-4-8-16-38)40-24-28-56-50(32-40)48-30-36(2)22-26-54(48)60-56/h3-9,11-17,19-29,31-34,36,49,55H,10,18,30H2,1-2H3. The van der Waals surface area contributed by atoms with Gasteiger partial charge in [0.05, 0.1) is 11.4 Å². The molecule has 0 saturated heterocycles. The minimum absolute atomic E-state index is 0.0126. The summed E-state index contributed by atoms with van der Waals surface area (Å²) in [7, 11) is 0. The van der Waals surface area contributed by atoms with E-state index in [2.05, 4.69) is 200 Å². The molecule has 7 aromatic carbocycles. The van der Waals surface area contributed by atoms with Crippen LogP contribution in [0.1, 0.15) is 52.8 Å². The lowest BCUT2D eigenvalue weighted by molar-refractivity contribution is 0.268. The van der Waals surface area contributed by atoms with Gasteiger partial charge in [0, 0.05) is 56.1 Å². The molecule has 0 spiro atoms. The van der Waals surface area contributed by atoms with E-state index in [0.717, 1.165) is 59.1 Å². The number of hydrogen-bond donors (Lipinski definition) is 0. The van der Waals surface area contributed by atoms with Crippen molar-refractivity contribution in [3.8, 4) is 5.75 Å². The van der Waals surface area contributed by atoms with Crippen LogP contribution in [-0.2, 0) is 12.8 Å². The molecule has 0 saturated carbocycles. The molecule has 60 heavy (non-hydrogen) atoms. The van der Waals surface area contributed by atoms with E-state index in [1.54, 1.807) is 0 Å². The molecule has 3 atom stereocenters. The van der Waals surface area contributed by atoms with Crippen LogP contribution in [0.2, 0.25) is 0 Å². The summed E-state index contributed by atoms with van der Waals surface area (Å²) in [6.07, 6.45) is 19.0. The quantitative estimate of drug-likeness (QED) is 0.157. The van der Waals surface area contributed by atoms with Crippen LogP contribution >= 0.6 is 0 Å². The summed E-state index contributed by atoms with van der Waals surface area (Å²) < 4.78 is 12.9. The van der Waals surface area contributed by atoms with E-state index >= 15 is 0 Å². The van der Waals surface area contributed by atoms with Crippen molar-refractivity contribution in [2.45, 2.75) is 45.1 Å². The molecular formula is C56H44N2O2. The second-order valence-electron chi connectivity index (χ2n) is 16.9. The second kappa shape index (κ2) is 13.8. The molecule has 0 radical (unpaired) electrons. The lowest BCUT2D eigenvalue weighted by Crippen LogP contribution is -2.23. The van der Waals surface area contributed by atoms with Crippen molar-refractivity contribution in [1.29, 1.82) is 0 Å². The molecule has 1 aliphatic heterocycles. The molecule has 3 aliphatic carbocycles. The number of furan rings is 1. The van der Waals surface area contributed by atoms with Crippen molar-refractivity contribution < 1.29 is 9.15 Å². The molecule has 12 rings (SSSR count). The number of benzene rings is 7. The summed E-state index contributed by atoms with van der Waals surface area (Å²) in [4.78, 5) is 4.93. The first-order valence-corrected chi connectivity index (χ1v) is 21.3. The number of aryl methyl sites for hydroxylation is 2. The molecule has 1 aromatic heterocycles. The summed E-state index contributed by atoms with van der Waals surface area (Å²) >= 11 is 0. The van der Waals surface area contributed by atoms with Gasteiger partial charge in [-0.25, -0.2) is 0 Å². The SMILES string of the molecule is Cc1ccc2c(c1)C1C=C(N(c3ccccc3)c3cc4c5c(c(N(c6ccccc6)c6ccc7oc8c(c7c6)CC(C)C=C8)cc4c4ccccc34)C=CCC5)C=CC1O2. The van der Waals surface area contributed by atoms with Gasteiger partial charge in [-0.05, 0) is 139 Å². The van der Waals surface area contributed by atoms with Crippen LogP contribution in [-0.4, -0.2) is 6.10 Å². The highest BCUT2D eigenvalue weighted by molar-refractivity contribution is 6.17. The van der Waals surface area contributed by atoms with Crippen molar-refractivity contribution in [2.75, 3.05) is 9.80 Å². The monoisotopic (exact) mass is 776 g/mol. The van der Waals surface area contributed by atoms with E-state index in [9.17, 15) is 0 Å². The van der Waals surface area contributed by atoms with Gasteiger partial charge in [-0.3, -0.25) is 0 Å². The van der Waals surface area contributed by atoms with Crippen LogP contribution in [0.15, 0.2) is 174 Å². The number of anilines is 5. The third-order valence-electron chi connectivity index (χ3n) is 13.0. The van der Waals surface area contributed by atoms with Gasteiger partial charge < -0.3 is 19.0 Å². The number of allylic oxidation sites excluding steroid dienone is 3. The van der Waals surface area contributed by atoms with Crippen molar-refractivity contribution in [1.82, 2.24) is 0 Å². The highest BCUT2D eigenvalue weighted by atomic mass is 16.5. The normalized spacial score (nSPS) is 18.5. The Hall–Kier alpha value is -7.04. The molecule has 0 fully saturated rings. The fourth-order valence-corrected chi connectivity index (χ4v) is 10.2. The van der Waals surface area contributed by atoms with Gasteiger partial charge in [0.25, 0.3) is 0 Å². The first kappa shape index (κ1) is 35.0. The molecule has 4 heteroatoms. The Morgan fingerprint density at radius 1 is 0.600 bits per heavy atom. The predicted octanol–water partition coefficient (Wildman–Crippen LogP) is 14.8. The molecular weight excluding hydrogens is 733 g/mol. The number of nitrogens with zero attached hydrogens (tertiary/aromatic N) is 2. The Bertz CT molecular complexity index is 3150. The maximum Gasteiger partial charge on any atom is 0.135 e. The average molecular weight is 777 g/mol. The van der Waals surface area contributed by atoms with E-state index in [1.165, 1.54) is 66.1 Å². The Balaban J connectivity index is 1.09. The van der Waals surface area contributed by atoms with E-state index in [-0.39, 0.29) is 12.0 Å². The smallest absolute Gasteiger partial charge is 0.135 e. The van der Waals surface area contributed by atoms with Gasteiger partial charge in [-0.15, -0.1) is 0 Å². The maximum atomic E-state index is 6.47. The van der Waals surface area contributed by atoms with Crippen molar-refractivity contribution in [3.63, 3.8) is 0 Å². The Morgan fingerprint density at radius 3 is 2.20 bits per heavy atom. The molecule has 2 heterocycles. The first-order valence-electron chi connectivity index (χ1n) is 21.3. The predicted molar refractivity (Wildman–Crippen MR) is 249 cm³/mol. The summed E-state index contributed by atoms with van der Waals surface area (Å²) in [6, 6.07) is 48.9. The minimum Gasteiger partial charge on any atom is -0.485 e. The zero-order valence-corrected chi connectivity index (χ0v) is 33.8. The average Bonchev–Trinajstić information content (AvgIpc) is 3.84. The van der Waals surface area contributed by atoms with E-state index < -0.39 is 0 Å². The highest BCUT2D eigenvalue weighted by Gasteiger charge is 2.35. The molecule has 4 aliphatic rings. The largest absolute Gasteiger partial charge is 0.485 e. The highest BCUT2D eigenvalue weighted by Crippen LogP contribution is 2.50. The van der Waals surface area contributed by atoms with Crippen LogP contribution < -0.4 is 14.5 Å². The fourth-order valence-electron chi connectivity index (χ4n) is 10.2. The number of ether oxygens (including phenoxy) is 1. The summed E-state index contributed by atoms with van der Waals surface area (Å²) in [5.41, 5.74) is 14.3. The summed E-state index contributed by atoms with van der Waals surface area (Å²) in [5.74, 6) is 2.57. The molecule has 0 amide bonds. The zero-order chi connectivity index (χ0) is 39.9. The van der Waals surface area contributed by atoms with Gasteiger partial charge >= 0.3 is 0 Å². The molecule has 290 valence electrons. The number of fused-ring (bicyclic) bond motifs is 11. The zero-order valence-electron chi connectivity index (χ0n) is 33.8. The van der Waals surface area contributed by atoms with Gasteiger partial charge in [0.1, 0.15) is 23.2 Å². The molecule has 0 bridgehead atoms. The molecule has 3 unspecified atom stereocenters. The number of para-hydroxylation sites is 2. The van der Waals surface area contributed by atoms with E-state index in [1.807, 2.05) is 0 Å². The lowest BCUT2D eigenvalue weighted by atomic mass is 9.86. The van der Waals surface area contributed by atoms with E-state index in [0.29, 0.717) is 5.92 Å². The van der Waals surface area contributed by atoms with Gasteiger partial charge in [-0.1, -0.05) is 104 Å². The third kappa shape index (κ3) is 5.58. The Labute approximate surface area is 350 Å². The van der Waals surface area contributed by atoms with Crippen molar-refractivity contribution in [2.24, 2.45) is 5.92 Å². The molecule has 0 N–H and O–H groups in total. The summed E-state index contributed by atoms with van der Waals surface area (Å²) in [6.45, 7) is 4.45. The van der Waals surface area contributed by atoms with Crippen molar-refractivity contribution >= 4 is 73.1 Å². The Kier molecular flexibility index (Phi) is 8.03. The van der Waals surface area contributed by atoms with Crippen LogP contribution in [0, 0.1) is 12.8 Å². The molecule has 4 nitrogen and oxygen atoms in total. The van der Waals surface area contributed by atoms with Crippen LogP contribution in [0.3, 0.4) is 0 Å². The summed E-state index contributed by atoms with van der Waals surface area (Å²) in [5, 5.41) is 6.20.